The molecule has 0 unspecified atom stereocenters. The second-order valence-corrected chi connectivity index (χ2v) is 6.55. The first-order valence-corrected chi connectivity index (χ1v) is 7.74. The van der Waals surface area contributed by atoms with Gasteiger partial charge in [-0.25, -0.2) is 17.5 Å². The van der Waals surface area contributed by atoms with Crippen molar-refractivity contribution in [3.8, 4) is 0 Å². The second-order valence-electron chi connectivity index (χ2n) is 4.78. The Morgan fingerprint density at radius 2 is 2.05 bits per heavy atom. The van der Waals surface area contributed by atoms with Gasteiger partial charge in [0.2, 0.25) is 10.0 Å². The molecule has 2 rings (SSSR count). The van der Waals surface area contributed by atoms with Crippen LogP contribution in [-0.4, -0.2) is 18.2 Å². The number of sulfonamides is 1. The fourth-order valence-electron chi connectivity index (χ4n) is 2.00. The van der Waals surface area contributed by atoms with Gasteiger partial charge >= 0.3 is 0 Å². The number of halogens is 1. The number of hydrogen-bond donors (Lipinski definition) is 2. The molecular weight excluding hydrogens is 295 g/mol. The number of nitrogens with two attached hydrogens (primary N) is 1. The molecule has 0 aliphatic carbocycles. The van der Waals surface area contributed by atoms with Crippen LogP contribution < -0.4 is 10.5 Å². The highest BCUT2D eigenvalue weighted by Gasteiger charge is 2.18. The Kier molecular flexibility index (Phi) is 4.02. The van der Waals surface area contributed by atoms with Crippen molar-refractivity contribution in [2.45, 2.75) is 25.3 Å². The normalized spacial score (nSPS) is 11.8. The van der Waals surface area contributed by atoms with Crippen LogP contribution in [0.5, 0.6) is 0 Å². The summed E-state index contributed by atoms with van der Waals surface area (Å²) in [5.41, 5.74) is 7.68. The fraction of sp³-hybridized carbons (Fsp3) is 0.308. The SMILES string of the molecule is Cc1nn(C)c(C)c1CNS(=O)(=O)c1ccc(N)c(F)c1. The third-order valence-corrected chi connectivity index (χ3v) is 4.78. The van der Waals surface area contributed by atoms with E-state index in [-0.39, 0.29) is 17.1 Å². The van der Waals surface area contributed by atoms with Crippen LogP contribution in [0.4, 0.5) is 10.1 Å². The maximum absolute atomic E-state index is 13.4. The molecule has 1 heterocycles. The van der Waals surface area contributed by atoms with Crippen molar-refractivity contribution < 1.29 is 12.8 Å². The quantitative estimate of drug-likeness (QED) is 0.831. The predicted molar refractivity (Wildman–Crippen MR) is 77.5 cm³/mol. The highest BCUT2D eigenvalue weighted by molar-refractivity contribution is 7.89. The number of nitrogens with one attached hydrogen (secondary N) is 1. The topological polar surface area (TPSA) is 90.0 Å². The van der Waals surface area contributed by atoms with Crippen LogP contribution in [0.25, 0.3) is 0 Å². The van der Waals surface area contributed by atoms with Gasteiger partial charge < -0.3 is 5.73 Å². The van der Waals surface area contributed by atoms with Crippen LogP contribution in [0.1, 0.15) is 17.0 Å². The minimum absolute atomic E-state index is 0.0899. The maximum Gasteiger partial charge on any atom is 0.240 e. The molecule has 0 amide bonds. The number of nitrogen functional groups attached to an aromatic ring is 1. The molecule has 8 heteroatoms. The van der Waals surface area contributed by atoms with Gasteiger partial charge in [-0.1, -0.05) is 0 Å². The van der Waals surface area contributed by atoms with Gasteiger partial charge in [0.25, 0.3) is 0 Å². The monoisotopic (exact) mass is 312 g/mol. The lowest BCUT2D eigenvalue weighted by Gasteiger charge is -2.08. The molecule has 21 heavy (non-hydrogen) atoms. The molecule has 0 aliphatic heterocycles. The molecule has 0 saturated carbocycles. The van der Waals surface area contributed by atoms with E-state index in [2.05, 4.69) is 9.82 Å². The number of rotatable bonds is 4. The van der Waals surface area contributed by atoms with Gasteiger partial charge in [0.05, 0.1) is 16.3 Å². The molecule has 3 N–H and O–H groups in total. The van der Waals surface area contributed by atoms with Crippen LogP contribution in [0, 0.1) is 19.7 Å². The highest BCUT2D eigenvalue weighted by Crippen LogP contribution is 2.17. The Morgan fingerprint density at radius 3 is 2.57 bits per heavy atom. The summed E-state index contributed by atoms with van der Waals surface area (Å²) in [5.74, 6) is -0.758. The molecule has 2 aromatic rings. The highest BCUT2D eigenvalue weighted by atomic mass is 32.2. The first kappa shape index (κ1) is 15.5. The lowest BCUT2D eigenvalue weighted by atomic mass is 10.2. The van der Waals surface area contributed by atoms with Crippen LogP contribution in [0.3, 0.4) is 0 Å². The number of anilines is 1. The van der Waals surface area contributed by atoms with Gasteiger partial charge in [-0.05, 0) is 32.0 Å². The van der Waals surface area contributed by atoms with E-state index in [1.807, 2.05) is 6.92 Å². The van der Waals surface area contributed by atoms with Gasteiger partial charge in [-0.2, -0.15) is 5.10 Å². The molecule has 1 aromatic carbocycles. The van der Waals surface area contributed by atoms with E-state index in [0.29, 0.717) is 0 Å². The summed E-state index contributed by atoms with van der Waals surface area (Å²) in [6.45, 7) is 3.76. The van der Waals surface area contributed by atoms with Crippen molar-refractivity contribution in [1.29, 1.82) is 0 Å². The molecule has 0 atom stereocenters. The zero-order valence-electron chi connectivity index (χ0n) is 12.0. The van der Waals surface area contributed by atoms with Crippen molar-refractivity contribution >= 4 is 15.7 Å². The predicted octanol–water partition coefficient (Wildman–Crippen LogP) is 1.24. The minimum atomic E-state index is -3.80. The summed E-state index contributed by atoms with van der Waals surface area (Å²) in [6.07, 6.45) is 0. The molecule has 0 saturated heterocycles. The van der Waals surface area contributed by atoms with Crippen LogP contribution in [-0.2, 0) is 23.6 Å². The third kappa shape index (κ3) is 3.06. The Morgan fingerprint density at radius 1 is 1.38 bits per heavy atom. The van der Waals surface area contributed by atoms with Gasteiger partial charge in [-0.15, -0.1) is 0 Å². The Balaban J connectivity index is 2.23. The van der Waals surface area contributed by atoms with Crippen LogP contribution in [0.15, 0.2) is 23.1 Å². The second kappa shape index (κ2) is 5.45. The average molecular weight is 312 g/mol. The van der Waals surface area contributed by atoms with E-state index >= 15 is 0 Å². The van der Waals surface area contributed by atoms with E-state index in [1.165, 1.54) is 12.1 Å². The number of hydrogen-bond acceptors (Lipinski definition) is 4. The molecule has 1 aromatic heterocycles. The summed E-state index contributed by atoms with van der Waals surface area (Å²) >= 11 is 0. The Labute approximate surface area is 122 Å². The third-order valence-electron chi connectivity index (χ3n) is 3.38. The van der Waals surface area contributed by atoms with E-state index in [4.69, 9.17) is 5.73 Å². The van der Waals surface area contributed by atoms with Gasteiger partial charge in [0.15, 0.2) is 0 Å². The number of aryl methyl sites for hydroxylation is 2. The summed E-state index contributed by atoms with van der Waals surface area (Å²) in [5, 5.41) is 4.22. The van der Waals surface area contributed by atoms with Gasteiger partial charge in [0.1, 0.15) is 5.82 Å². The molecule has 0 radical (unpaired) electrons. The number of nitrogens with zero attached hydrogens (tertiary/aromatic N) is 2. The van der Waals surface area contributed by atoms with Crippen LogP contribution in [0.2, 0.25) is 0 Å². The zero-order valence-corrected chi connectivity index (χ0v) is 12.8. The lowest BCUT2D eigenvalue weighted by Crippen LogP contribution is -2.24. The molecular formula is C13H17FN4O2S. The summed E-state index contributed by atoms with van der Waals surface area (Å²) < 4.78 is 41.8. The van der Waals surface area contributed by atoms with Gasteiger partial charge in [-0.3, -0.25) is 4.68 Å². The average Bonchev–Trinajstić information content (AvgIpc) is 2.64. The van der Waals surface area contributed by atoms with E-state index in [1.54, 1.807) is 18.7 Å². The summed E-state index contributed by atoms with van der Waals surface area (Å²) in [6, 6.07) is 3.40. The molecule has 114 valence electrons. The Hall–Kier alpha value is -1.93. The maximum atomic E-state index is 13.4. The van der Waals surface area contributed by atoms with Gasteiger partial charge in [0, 0.05) is 24.8 Å². The van der Waals surface area contributed by atoms with Crippen molar-refractivity contribution in [2.75, 3.05) is 5.73 Å². The van der Waals surface area contributed by atoms with Crippen molar-refractivity contribution in [3.05, 3.63) is 41.0 Å². The van der Waals surface area contributed by atoms with E-state index < -0.39 is 15.8 Å². The van der Waals surface area contributed by atoms with Crippen molar-refractivity contribution in [1.82, 2.24) is 14.5 Å². The lowest BCUT2D eigenvalue weighted by molar-refractivity contribution is 0.577. The first-order valence-electron chi connectivity index (χ1n) is 6.26. The van der Waals surface area contributed by atoms with E-state index in [9.17, 15) is 12.8 Å². The minimum Gasteiger partial charge on any atom is -0.396 e. The molecule has 0 bridgehead atoms. The summed E-state index contributed by atoms with van der Waals surface area (Å²) in [4.78, 5) is -0.159. The molecule has 0 aliphatic rings. The fourth-order valence-corrected chi connectivity index (χ4v) is 3.01. The summed E-state index contributed by atoms with van der Waals surface area (Å²) in [7, 11) is -2.02. The van der Waals surface area contributed by atoms with Crippen molar-refractivity contribution in [3.63, 3.8) is 0 Å². The molecule has 0 fully saturated rings. The van der Waals surface area contributed by atoms with E-state index in [0.717, 1.165) is 23.0 Å². The smallest absolute Gasteiger partial charge is 0.240 e. The molecule has 6 nitrogen and oxygen atoms in total. The molecule has 0 spiro atoms. The largest absolute Gasteiger partial charge is 0.396 e. The van der Waals surface area contributed by atoms with Crippen molar-refractivity contribution in [2.24, 2.45) is 7.05 Å². The standard InChI is InChI=1S/C13H17FN4O2S/c1-8-11(9(2)18(3)17-8)7-16-21(19,20)10-4-5-13(15)12(14)6-10/h4-6,16H,7,15H2,1-3H3. The zero-order chi connectivity index (χ0) is 15.8. The Bertz CT molecular complexity index is 784. The van der Waals surface area contributed by atoms with Crippen LogP contribution >= 0.6 is 0 Å². The first-order chi connectivity index (χ1) is 9.72. The number of benzene rings is 1. The number of aromatic nitrogens is 2.